The van der Waals surface area contributed by atoms with E-state index in [1.807, 2.05) is 24.1 Å². The summed E-state index contributed by atoms with van der Waals surface area (Å²) in [4.78, 5) is 22.4. The molecule has 0 saturated carbocycles. The van der Waals surface area contributed by atoms with E-state index in [0.717, 1.165) is 49.4 Å². The molecule has 1 amide bonds. The number of carbonyl (C=O) groups excluding carboxylic acids is 1. The number of likely N-dealkylation sites (tertiary alicyclic amines) is 1. The van der Waals surface area contributed by atoms with Crippen LogP contribution in [0.5, 0.6) is 0 Å². The zero-order valence-corrected chi connectivity index (χ0v) is 12.9. The molecule has 4 heteroatoms. The smallest absolute Gasteiger partial charge is 0.253 e. The van der Waals surface area contributed by atoms with Crippen LogP contribution in [-0.4, -0.2) is 33.9 Å². The monoisotopic (exact) mass is 295 g/mol. The lowest BCUT2D eigenvalue weighted by molar-refractivity contribution is 0.0790. The molecule has 0 spiro atoms. The highest BCUT2D eigenvalue weighted by Crippen LogP contribution is 2.28. The third-order valence-electron chi connectivity index (χ3n) is 4.93. The zero-order chi connectivity index (χ0) is 15.1. The topological polar surface area (TPSA) is 49.0 Å². The molecule has 114 valence electrons. The largest absolute Gasteiger partial charge is 0.346 e. The molecule has 1 aromatic heterocycles. The van der Waals surface area contributed by atoms with Crippen LogP contribution >= 0.6 is 0 Å². The van der Waals surface area contributed by atoms with E-state index >= 15 is 0 Å². The molecule has 22 heavy (non-hydrogen) atoms. The lowest BCUT2D eigenvalue weighted by Crippen LogP contribution is -2.28. The van der Waals surface area contributed by atoms with Crippen molar-refractivity contribution >= 4 is 5.91 Å². The molecule has 2 aromatic rings. The Bertz CT molecular complexity index is 719. The molecule has 1 aliphatic carbocycles. The van der Waals surface area contributed by atoms with Gasteiger partial charge >= 0.3 is 0 Å². The average molecular weight is 295 g/mol. The van der Waals surface area contributed by atoms with E-state index in [4.69, 9.17) is 0 Å². The summed E-state index contributed by atoms with van der Waals surface area (Å²) in [7, 11) is 0. The number of hydrogen-bond donors (Lipinski definition) is 1. The van der Waals surface area contributed by atoms with Gasteiger partial charge < -0.3 is 9.88 Å². The summed E-state index contributed by atoms with van der Waals surface area (Å²) >= 11 is 0. The van der Waals surface area contributed by atoms with E-state index in [9.17, 15) is 4.79 Å². The van der Waals surface area contributed by atoms with Crippen LogP contribution in [0.2, 0.25) is 0 Å². The third-order valence-corrected chi connectivity index (χ3v) is 4.93. The number of aromatic amines is 1. The van der Waals surface area contributed by atoms with Gasteiger partial charge in [0.2, 0.25) is 0 Å². The van der Waals surface area contributed by atoms with Crippen LogP contribution in [-0.2, 0) is 12.8 Å². The van der Waals surface area contributed by atoms with Crippen LogP contribution in [0.4, 0.5) is 0 Å². The van der Waals surface area contributed by atoms with Crippen LogP contribution in [0.25, 0.3) is 0 Å². The quantitative estimate of drug-likeness (QED) is 0.926. The molecule has 4 rings (SSSR count). The summed E-state index contributed by atoms with van der Waals surface area (Å²) in [5.41, 5.74) is 4.71. The molecule has 1 saturated heterocycles. The minimum Gasteiger partial charge on any atom is -0.346 e. The van der Waals surface area contributed by atoms with Crippen LogP contribution < -0.4 is 0 Å². The Kier molecular flexibility index (Phi) is 3.25. The van der Waals surface area contributed by atoms with Gasteiger partial charge in [0.15, 0.2) is 0 Å². The Balaban J connectivity index is 1.49. The molecular formula is C18H21N3O. The first kappa shape index (κ1) is 13.6. The van der Waals surface area contributed by atoms with Crippen LogP contribution in [0.1, 0.15) is 51.8 Å². The second-order valence-corrected chi connectivity index (χ2v) is 6.53. The minimum atomic E-state index is 0.167. The number of nitrogens with zero attached hydrogens (tertiary/aromatic N) is 2. The standard InChI is InChI=1S/C18H21N3O/c1-12-10-19-17(20-12)16-7-8-21(11-16)18(22)15-6-5-13-3-2-4-14(13)9-15/h5-6,9-10,16H,2-4,7-8,11H2,1H3,(H,19,20)/t16-/m0/s1. The van der Waals surface area contributed by atoms with Gasteiger partial charge in [-0.2, -0.15) is 0 Å². The van der Waals surface area contributed by atoms with Gasteiger partial charge in [0.1, 0.15) is 5.82 Å². The van der Waals surface area contributed by atoms with E-state index < -0.39 is 0 Å². The van der Waals surface area contributed by atoms with Crippen molar-refractivity contribution in [3.63, 3.8) is 0 Å². The lowest BCUT2D eigenvalue weighted by Gasteiger charge is -2.17. The van der Waals surface area contributed by atoms with Gasteiger partial charge in [-0.3, -0.25) is 4.79 Å². The average Bonchev–Trinajstić information content (AvgIpc) is 3.25. The number of benzene rings is 1. The van der Waals surface area contributed by atoms with Gasteiger partial charge in [0, 0.05) is 36.5 Å². The van der Waals surface area contributed by atoms with Gasteiger partial charge in [0.25, 0.3) is 5.91 Å². The maximum Gasteiger partial charge on any atom is 0.253 e. The fourth-order valence-electron chi connectivity index (χ4n) is 3.70. The predicted molar refractivity (Wildman–Crippen MR) is 85.1 cm³/mol. The fraction of sp³-hybridized carbons (Fsp3) is 0.444. The van der Waals surface area contributed by atoms with Crippen molar-refractivity contribution in [2.24, 2.45) is 0 Å². The van der Waals surface area contributed by atoms with Gasteiger partial charge in [0.05, 0.1) is 0 Å². The summed E-state index contributed by atoms with van der Waals surface area (Å²) in [6, 6.07) is 6.24. The Morgan fingerprint density at radius 3 is 3.00 bits per heavy atom. The minimum absolute atomic E-state index is 0.167. The first-order valence-corrected chi connectivity index (χ1v) is 8.13. The fourth-order valence-corrected chi connectivity index (χ4v) is 3.70. The van der Waals surface area contributed by atoms with Crippen LogP contribution in [0.3, 0.4) is 0 Å². The second kappa shape index (κ2) is 5.27. The molecule has 2 heterocycles. The highest BCUT2D eigenvalue weighted by atomic mass is 16.2. The molecular weight excluding hydrogens is 274 g/mol. The Labute approximate surface area is 130 Å². The van der Waals surface area contributed by atoms with Crippen molar-refractivity contribution in [1.29, 1.82) is 0 Å². The van der Waals surface area contributed by atoms with E-state index in [0.29, 0.717) is 5.92 Å². The van der Waals surface area contributed by atoms with Crippen LogP contribution in [0, 0.1) is 6.92 Å². The summed E-state index contributed by atoms with van der Waals surface area (Å²) < 4.78 is 0. The van der Waals surface area contributed by atoms with E-state index in [1.165, 1.54) is 17.5 Å². The first-order valence-electron chi connectivity index (χ1n) is 8.13. The molecule has 0 bridgehead atoms. The number of imidazole rings is 1. The number of hydrogen-bond acceptors (Lipinski definition) is 2. The maximum atomic E-state index is 12.7. The SMILES string of the molecule is Cc1cnc([C@H]2CCN(C(=O)c3ccc4c(c3)CCC4)C2)[nH]1. The lowest BCUT2D eigenvalue weighted by atomic mass is 10.1. The Hall–Kier alpha value is -2.10. The maximum absolute atomic E-state index is 12.7. The van der Waals surface area contributed by atoms with Crippen LogP contribution in [0.15, 0.2) is 24.4 Å². The van der Waals surface area contributed by atoms with Gasteiger partial charge in [-0.1, -0.05) is 6.07 Å². The summed E-state index contributed by atoms with van der Waals surface area (Å²) in [6.45, 7) is 3.60. The zero-order valence-electron chi connectivity index (χ0n) is 12.9. The number of carbonyl (C=O) groups is 1. The molecule has 1 aromatic carbocycles. The number of fused-ring (bicyclic) bond motifs is 1. The first-order chi connectivity index (χ1) is 10.7. The second-order valence-electron chi connectivity index (χ2n) is 6.53. The number of amides is 1. The number of H-pyrrole nitrogens is 1. The van der Waals surface area contributed by atoms with Crippen molar-refractivity contribution in [2.75, 3.05) is 13.1 Å². The number of nitrogens with one attached hydrogen (secondary N) is 1. The summed E-state index contributed by atoms with van der Waals surface area (Å²) in [5.74, 6) is 1.52. The van der Waals surface area contributed by atoms with Crippen molar-refractivity contribution < 1.29 is 4.79 Å². The van der Waals surface area contributed by atoms with Crippen molar-refractivity contribution in [3.8, 4) is 0 Å². The van der Waals surface area contributed by atoms with E-state index in [1.54, 1.807) is 0 Å². The third kappa shape index (κ3) is 2.32. The molecule has 4 nitrogen and oxygen atoms in total. The Morgan fingerprint density at radius 1 is 1.32 bits per heavy atom. The molecule has 1 aliphatic heterocycles. The van der Waals surface area contributed by atoms with Gasteiger partial charge in [-0.25, -0.2) is 4.98 Å². The van der Waals surface area contributed by atoms with Crippen molar-refractivity contribution in [1.82, 2.24) is 14.9 Å². The summed E-state index contributed by atoms with van der Waals surface area (Å²) in [6.07, 6.45) is 6.35. The van der Waals surface area contributed by atoms with Crippen molar-refractivity contribution in [2.45, 2.75) is 38.5 Å². The molecule has 0 radical (unpaired) electrons. The molecule has 0 unspecified atom stereocenters. The van der Waals surface area contributed by atoms with E-state index in [2.05, 4.69) is 22.1 Å². The Morgan fingerprint density at radius 2 is 2.18 bits per heavy atom. The van der Waals surface area contributed by atoms with Gasteiger partial charge in [-0.05, 0) is 55.9 Å². The molecule has 1 N–H and O–H groups in total. The predicted octanol–water partition coefficient (Wildman–Crippen LogP) is 2.84. The number of aromatic nitrogens is 2. The number of rotatable bonds is 2. The molecule has 2 aliphatic rings. The highest BCUT2D eigenvalue weighted by molar-refractivity contribution is 5.94. The number of aryl methyl sites for hydroxylation is 3. The van der Waals surface area contributed by atoms with Gasteiger partial charge in [-0.15, -0.1) is 0 Å². The van der Waals surface area contributed by atoms with E-state index in [-0.39, 0.29) is 5.91 Å². The highest BCUT2D eigenvalue weighted by Gasteiger charge is 2.29. The molecule has 1 fully saturated rings. The molecule has 1 atom stereocenters. The normalized spacial score (nSPS) is 20.4. The van der Waals surface area contributed by atoms with Crippen molar-refractivity contribution in [3.05, 3.63) is 52.6 Å². The summed E-state index contributed by atoms with van der Waals surface area (Å²) in [5, 5.41) is 0.